The maximum Gasteiger partial charge on any atom is 0.353 e. The summed E-state index contributed by atoms with van der Waals surface area (Å²) in [5.74, 6) is -6.19. The molecule has 30 nitrogen and oxygen atoms in total. The van der Waals surface area contributed by atoms with E-state index in [9.17, 15) is 73.3 Å². The number of nitro groups is 2. The van der Waals surface area contributed by atoms with E-state index >= 15 is 0 Å². The molecule has 0 aliphatic carbocycles. The first-order chi connectivity index (χ1) is 50.3. The number of carbonyl (C=O) groups excluding carboxylic acids is 10. The Morgan fingerprint density at radius 3 is 1.96 bits per heavy atom. The second-order valence-corrected chi connectivity index (χ2v) is 28.5. The van der Waals surface area contributed by atoms with Gasteiger partial charge < -0.3 is 39.8 Å². The second kappa shape index (κ2) is 38.5. The van der Waals surface area contributed by atoms with Crippen LogP contribution >= 0.6 is 0 Å². The van der Waals surface area contributed by atoms with Crippen molar-refractivity contribution in [2.75, 3.05) is 34.3 Å². The largest absolute Gasteiger partial charge is 0.468 e. The molecule has 3 aliphatic rings. The Labute approximate surface area is 634 Å². The van der Waals surface area contributed by atoms with Gasteiger partial charge in [0.15, 0.2) is 6.10 Å². The van der Waals surface area contributed by atoms with E-state index in [0.29, 0.717) is 51.0 Å². The highest BCUT2D eigenvalue weighted by molar-refractivity contribution is 6.07. The van der Waals surface area contributed by atoms with Gasteiger partial charge in [0.1, 0.15) is 41.4 Å². The van der Waals surface area contributed by atoms with Gasteiger partial charge in [0.05, 0.1) is 63.3 Å². The zero-order valence-electron chi connectivity index (χ0n) is 62.8. The van der Waals surface area contributed by atoms with E-state index in [4.69, 9.17) is 19.4 Å². The zero-order chi connectivity index (χ0) is 79.1. The maximum atomic E-state index is 13.3. The van der Waals surface area contributed by atoms with Crippen molar-refractivity contribution in [3.05, 3.63) is 174 Å². The first-order valence-electron chi connectivity index (χ1n) is 35.0. The second-order valence-electron chi connectivity index (χ2n) is 28.5. The number of nitrogens with zero attached hydrogens (tertiary/aromatic N) is 8. The fraction of sp³-hybridized carbons (Fsp3) is 0.443. The highest BCUT2D eigenvalue weighted by atomic mass is 16.6. The Bertz CT molecular complexity index is 4380. The lowest BCUT2D eigenvalue weighted by molar-refractivity contribution is -0.385. The molecule has 2 fully saturated rings. The van der Waals surface area contributed by atoms with Crippen LogP contribution in [0.3, 0.4) is 0 Å². The summed E-state index contributed by atoms with van der Waals surface area (Å²) in [7, 11) is 4.78. The van der Waals surface area contributed by atoms with Crippen LogP contribution in [0.2, 0.25) is 0 Å². The number of methoxy groups -OCH3 is 1. The van der Waals surface area contributed by atoms with Crippen LogP contribution in [0.1, 0.15) is 164 Å². The predicted octanol–water partition coefficient (Wildman–Crippen LogP) is 9.63. The molecule has 5 heterocycles. The first kappa shape index (κ1) is 88.4. The standard InChI is InChI=1S/C31H43N5O6.C30H39N5O5.C16H12N2O7.2CH4/c1-19(2)26(37)27(38)32-20(3)28(39)36-16-8-9-24(34-36)29(40)35(6)18-23-13-12-22-11-10-21(17-25(22)33-23)14-15-31(4,5)30(41)42-7;1-18(2)25-26(36)31-19(3)27(37)35-15-7-8-23(33-35)28(38)34(6)17-22-12-11-21-10-9-20(16-24(21)32-22)13-14-30(4,5)29(39)40-25;1-9-5-3-7-11(17(21)22)13(9)15(19)25-16(20)14-10(2)6-4-8-12(14)18(23)24;;/h10-15,17,19-20,24,26,34,37H,8-9,16,18H2,1-7H3,(H,32,38);9-14,16,18-19,23,25,33H,7-8,15,17H2,1-6H3,(H,31,36);3-8H,1-2H3;2*1H4/b15-14+;14-13+;;;/t20-,24-,26-;19-,23-,25-;;;/m00.../s1. The normalized spacial score (nSPS) is 18.4. The maximum absolute atomic E-state index is 13.3. The van der Waals surface area contributed by atoms with Crippen molar-refractivity contribution in [3.8, 4) is 0 Å². The summed E-state index contributed by atoms with van der Waals surface area (Å²) in [6, 6.07) is 24.3. The van der Waals surface area contributed by atoms with Crippen molar-refractivity contribution in [3.63, 3.8) is 0 Å². The molecule has 5 N–H and O–H groups in total. The van der Waals surface area contributed by atoms with Crippen molar-refractivity contribution >= 4 is 105 Å². The molecule has 0 spiro atoms. The number of esters is 4. The molecular weight excluding hydrogens is 1400 g/mol. The molecular formula is C79H102N12O18. The number of nitrogens with one attached hydrogen (secondary N) is 4. The minimum Gasteiger partial charge on any atom is -0.468 e. The van der Waals surface area contributed by atoms with Gasteiger partial charge in [-0.05, 0) is 139 Å². The smallest absolute Gasteiger partial charge is 0.353 e. The minimum absolute atomic E-state index is 0. The van der Waals surface area contributed by atoms with Crippen LogP contribution in [0, 0.1) is 56.7 Å². The van der Waals surface area contributed by atoms with Crippen molar-refractivity contribution < 1.29 is 77.1 Å². The van der Waals surface area contributed by atoms with Crippen LogP contribution in [0.5, 0.6) is 0 Å². The van der Waals surface area contributed by atoms with E-state index in [1.165, 1.54) is 55.2 Å². The molecule has 0 radical (unpaired) electrons. The van der Waals surface area contributed by atoms with E-state index < -0.39 is 98.1 Å². The fourth-order valence-electron chi connectivity index (χ4n) is 11.7. The van der Waals surface area contributed by atoms with Gasteiger partial charge in [-0.15, -0.1) is 0 Å². The number of amides is 6. The number of aliphatic hydroxyl groups is 1. The number of hydrogen-bond donors (Lipinski definition) is 5. The molecule has 5 bridgehead atoms. The molecule has 9 rings (SSSR count). The summed E-state index contributed by atoms with van der Waals surface area (Å²) >= 11 is 0. The van der Waals surface area contributed by atoms with Crippen LogP contribution in [0.4, 0.5) is 11.4 Å². The van der Waals surface area contributed by atoms with Crippen LogP contribution in [0.25, 0.3) is 34.0 Å². The van der Waals surface area contributed by atoms with Gasteiger partial charge in [-0.1, -0.05) is 128 Å². The van der Waals surface area contributed by atoms with Crippen molar-refractivity contribution in [1.82, 2.24) is 51.3 Å². The third-order valence-corrected chi connectivity index (χ3v) is 18.2. The topological polar surface area (TPSA) is 392 Å². The number of cyclic esters (lactones) is 1. The number of likely N-dealkylation sites (N-methyl/N-ethyl adjacent to an activating group) is 2. The van der Waals surface area contributed by atoms with E-state index in [1.54, 1.807) is 105 Å². The molecule has 3 aliphatic heterocycles. The third kappa shape index (κ3) is 22.9. The van der Waals surface area contributed by atoms with Crippen LogP contribution in [-0.2, 0) is 65.7 Å². The zero-order valence-corrected chi connectivity index (χ0v) is 62.8. The summed E-state index contributed by atoms with van der Waals surface area (Å²) in [6.45, 7) is 21.4. The number of ether oxygens (including phenoxy) is 3. The SMILES string of the molecule is C.C.CC(C)[C@@H]1OC(=O)C(C)(C)/C=C/c2ccc3ccc(nc3c2)CN(C)C(=O)[C@@H]2CCCN(N2)C(=O)[C@H](C)NC1=O.COC(=O)C(C)(C)/C=C/c1ccc2ccc(CN(C)C(=O)[C@@H]3CCCN(C(=O)[C@H](C)NC(=O)[C@@H](O)C(C)C)N3)nc2c1.Cc1cccc([N+](=O)[O-])c1C(=O)OC(=O)c1c(C)cccc1[N+](=O)[O-]. The van der Waals surface area contributed by atoms with Gasteiger partial charge in [0, 0.05) is 50.1 Å². The van der Waals surface area contributed by atoms with Crippen LogP contribution < -0.4 is 21.5 Å². The number of benzene rings is 4. The highest BCUT2D eigenvalue weighted by Crippen LogP contribution is 2.30. The van der Waals surface area contributed by atoms with E-state index in [-0.39, 0.29) is 85.1 Å². The molecule has 0 saturated carbocycles. The van der Waals surface area contributed by atoms with Crippen LogP contribution in [0.15, 0.2) is 109 Å². The average Bonchev–Trinajstić information content (AvgIpc) is 1.12. The summed E-state index contributed by atoms with van der Waals surface area (Å²) in [4.78, 5) is 161. The van der Waals surface area contributed by atoms with Crippen molar-refractivity contribution in [1.29, 1.82) is 0 Å². The Balaban J connectivity index is 0.000000299. The number of fused-ring (bicyclic) bond motifs is 5. The fourth-order valence-corrected chi connectivity index (χ4v) is 11.7. The Hall–Kier alpha value is -11.2. The Kier molecular flexibility index (Phi) is 31.2. The summed E-state index contributed by atoms with van der Waals surface area (Å²) in [5.41, 5.74) is 7.69. The minimum atomic E-state index is -1.24. The van der Waals surface area contributed by atoms with Crippen molar-refractivity contribution in [2.45, 2.75) is 173 Å². The Morgan fingerprint density at radius 2 is 1.38 bits per heavy atom. The predicted molar refractivity (Wildman–Crippen MR) is 409 cm³/mol. The van der Waals surface area contributed by atoms with Gasteiger partial charge in [0.25, 0.3) is 29.1 Å². The monoisotopic (exact) mass is 1510 g/mol. The molecule has 0 unspecified atom stereocenters. The van der Waals surface area contributed by atoms with Gasteiger partial charge in [-0.25, -0.2) is 20.4 Å². The molecule has 4 aromatic carbocycles. The number of nitro benzene ring substituents is 2. The number of aliphatic hydroxyl groups excluding tert-OH is 1. The molecule has 109 heavy (non-hydrogen) atoms. The quantitative estimate of drug-likeness (QED) is 0.0210. The van der Waals surface area contributed by atoms with Gasteiger partial charge in [-0.3, -0.25) is 78.6 Å². The molecule has 2 aromatic heterocycles. The first-order valence-corrected chi connectivity index (χ1v) is 35.0. The third-order valence-electron chi connectivity index (χ3n) is 18.2. The number of hydrazine groups is 2. The summed E-state index contributed by atoms with van der Waals surface area (Å²) in [5, 5.41) is 42.0. The molecule has 6 amide bonds. The molecule has 586 valence electrons. The number of rotatable bonds is 15. The lowest BCUT2D eigenvalue weighted by Gasteiger charge is -2.36. The molecule has 6 aromatic rings. The van der Waals surface area contributed by atoms with Gasteiger partial charge in [-0.2, -0.15) is 0 Å². The number of pyridine rings is 2. The van der Waals surface area contributed by atoms with E-state index in [2.05, 4.69) is 26.2 Å². The molecule has 30 heteroatoms. The van der Waals surface area contributed by atoms with E-state index in [1.807, 2.05) is 72.8 Å². The average molecular weight is 1510 g/mol. The Morgan fingerprint density at radius 1 is 0.798 bits per heavy atom. The number of hydrogen-bond acceptors (Lipinski definition) is 22. The van der Waals surface area contributed by atoms with Gasteiger partial charge >= 0.3 is 23.9 Å². The van der Waals surface area contributed by atoms with Crippen molar-refractivity contribution in [2.24, 2.45) is 22.7 Å². The summed E-state index contributed by atoms with van der Waals surface area (Å²) in [6.07, 6.45) is 7.34. The molecule has 6 atom stereocenters. The van der Waals surface area contributed by atoms with E-state index in [0.717, 1.165) is 50.8 Å². The number of aromatic nitrogens is 2. The lowest BCUT2D eigenvalue weighted by atomic mass is 9.92. The van der Waals surface area contributed by atoms with Gasteiger partial charge in [0.2, 0.25) is 17.7 Å². The summed E-state index contributed by atoms with van der Waals surface area (Å²) < 4.78 is 15.2. The van der Waals surface area contributed by atoms with Crippen LogP contribution in [-0.4, -0.2) is 175 Å². The number of carbonyl (C=O) groups is 10. The molecule has 2 saturated heterocycles. The highest BCUT2D eigenvalue weighted by Gasteiger charge is 2.39. The number of aryl methyl sites for hydroxylation is 2. The lowest BCUT2D eigenvalue weighted by Crippen LogP contribution is -2.61.